The van der Waals surface area contributed by atoms with Gasteiger partial charge in [-0.25, -0.2) is 0 Å². The first kappa shape index (κ1) is 15.4. The minimum atomic E-state index is 0.231. The van der Waals surface area contributed by atoms with Crippen LogP contribution >= 0.6 is 12.2 Å². The van der Waals surface area contributed by atoms with Gasteiger partial charge in [-0.15, -0.1) is 0 Å². The fourth-order valence-electron chi connectivity index (χ4n) is 5.89. The van der Waals surface area contributed by atoms with Crippen molar-refractivity contribution < 1.29 is 0 Å². The third-order valence-corrected chi connectivity index (χ3v) is 6.60. The number of hydrazone groups is 1. The van der Waals surface area contributed by atoms with Gasteiger partial charge in [0.1, 0.15) is 0 Å². The predicted octanol–water partition coefficient (Wildman–Crippen LogP) is 3.93. The van der Waals surface area contributed by atoms with E-state index in [0.29, 0.717) is 5.11 Å². The molecule has 0 aliphatic heterocycles. The number of benzene rings is 1. The first-order valence-electron chi connectivity index (χ1n) is 9.36. The van der Waals surface area contributed by atoms with Crippen LogP contribution in [0.15, 0.2) is 35.6 Å². The maximum Gasteiger partial charge on any atom is 0.187 e. The Kier molecular flexibility index (Phi) is 3.59. The van der Waals surface area contributed by atoms with Crippen molar-refractivity contribution in [3.05, 3.63) is 36.0 Å². The highest BCUT2D eigenvalue weighted by Crippen LogP contribution is 2.55. The number of rotatable bonds is 3. The van der Waals surface area contributed by atoms with Crippen LogP contribution < -0.4 is 10.7 Å². The van der Waals surface area contributed by atoms with Crippen molar-refractivity contribution in [3.63, 3.8) is 0 Å². The zero-order valence-corrected chi connectivity index (χ0v) is 15.1. The highest BCUT2D eigenvalue weighted by atomic mass is 32.1. The summed E-state index contributed by atoms with van der Waals surface area (Å²) in [5.74, 6) is 2.74. The molecule has 0 saturated heterocycles. The summed E-state index contributed by atoms with van der Waals surface area (Å²) in [6.45, 7) is 0. The molecule has 1 aromatic heterocycles. The molecule has 1 heterocycles. The Balaban J connectivity index is 1.24. The molecule has 5 heteroatoms. The molecule has 4 nitrogen and oxygen atoms in total. The van der Waals surface area contributed by atoms with Crippen molar-refractivity contribution >= 4 is 34.4 Å². The van der Waals surface area contributed by atoms with Crippen molar-refractivity contribution in [2.24, 2.45) is 22.9 Å². The summed E-state index contributed by atoms with van der Waals surface area (Å²) in [4.78, 5) is 3.26. The average Bonchev–Trinajstić information content (AvgIpc) is 2.96. The van der Waals surface area contributed by atoms with E-state index in [0.717, 1.165) is 28.8 Å². The second-order valence-electron chi connectivity index (χ2n) is 8.31. The number of aromatic nitrogens is 1. The molecule has 4 fully saturated rings. The van der Waals surface area contributed by atoms with Gasteiger partial charge in [0.05, 0.1) is 6.21 Å². The molecular formula is C20H24N4S. The Labute approximate surface area is 153 Å². The number of hydrogen-bond donors (Lipinski definition) is 3. The van der Waals surface area contributed by atoms with E-state index >= 15 is 0 Å². The lowest BCUT2D eigenvalue weighted by Gasteiger charge is -2.57. The molecule has 3 N–H and O–H groups in total. The second-order valence-corrected chi connectivity index (χ2v) is 8.72. The van der Waals surface area contributed by atoms with Gasteiger partial charge in [0.2, 0.25) is 0 Å². The monoisotopic (exact) mass is 352 g/mol. The summed E-state index contributed by atoms with van der Waals surface area (Å²) in [5.41, 5.74) is 5.46. The highest BCUT2D eigenvalue weighted by Gasteiger charge is 2.51. The maximum absolute atomic E-state index is 5.54. The molecule has 4 saturated carbocycles. The van der Waals surface area contributed by atoms with E-state index < -0.39 is 0 Å². The van der Waals surface area contributed by atoms with Crippen molar-refractivity contribution in [1.82, 2.24) is 15.7 Å². The SMILES string of the molecule is S=C(N/N=C\c1c[nH]c2ccccc12)NC12CC3CC(CC(C3)C1)C2. The molecule has 1 aromatic carbocycles. The molecule has 2 aromatic rings. The van der Waals surface area contributed by atoms with Crippen LogP contribution in [0.5, 0.6) is 0 Å². The van der Waals surface area contributed by atoms with Gasteiger partial charge in [-0.1, -0.05) is 18.2 Å². The van der Waals surface area contributed by atoms with E-state index in [2.05, 4.69) is 33.0 Å². The standard InChI is InChI=1S/C20H24N4S/c25-19(23-20-8-13-5-14(9-20)7-15(6-13)10-20)24-22-12-16-11-21-18-4-2-1-3-17(16)18/h1-4,11-15,21H,5-10H2,(H2,23,24,25)/b22-12-. The average molecular weight is 353 g/mol. The van der Waals surface area contributed by atoms with Gasteiger partial charge in [0.25, 0.3) is 0 Å². The number of nitrogens with zero attached hydrogens (tertiary/aromatic N) is 1. The summed E-state index contributed by atoms with van der Waals surface area (Å²) in [7, 11) is 0. The number of aromatic amines is 1. The summed E-state index contributed by atoms with van der Waals surface area (Å²) >= 11 is 5.54. The maximum atomic E-state index is 5.54. The van der Waals surface area contributed by atoms with Crippen LogP contribution in [-0.2, 0) is 0 Å². The number of thiocarbonyl (C=S) groups is 1. The number of hydrogen-bond acceptors (Lipinski definition) is 2. The lowest BCUT2D eigenvalue weighted by Crippen LogP contribution is -2.61. The number of H-pyrrole nitrogens is 1. The van der Waals surface area contributed by atoms with Crippen LogP contribution in [0.25, 0.3) is 10.9 Å². The topological polar surface area (TPSA) is 52.2 Å². The van der Waals surface area contributed by atoms with Crippen LogP contribution in [-0.4, -0.2) is 21.8 Å². The van der Waals surface area contributed by atoms with Gasteiger partial charge < -0.3 is 10.3 Å². The summed E-state index contributed by atoms with van der Waals surface area (Å²) < 4.78 is 0. The lowest BCUT2D eigenvalue weighted by molar-refractivity contribution is -0.0101. The van der Waals surface area contributed by atoms with Gasteiger partial charge in [-0.05, 0) is 74.6 Å². The second kappa shape index (κ2) is 5.84. The molecule has 4 bridgehead atoms. The Morgan fingerprint density at radius 2 is 1.80 bits per heavy atom. The zero-order chi connectivity index (χ0) is 16.9. The number of para-hydroxylation sites is 1. The molecule has 130 valence electrons. The lowest BCUT2D eigenvalue weighted by atomic mass is 9.53. The Morgan fingerprint density at radius 3 is 2.52 bits per heavy atom. The Morgan fingerprint density at radius 1 is 1.12 bits per heavy atom. The van der Waals surface area contributed by atoms with Crippen LogP contribution in [0.4, 0.5) is 0 Å². The summed E-state index contributed by atoms with van der Waals surface area (Å²) in [6.07, 6.45) is 12.0. The smallest absolute Gasteiger partial charge is 0.187 e. The number of fused-ring (bicyclic) bond motifs is 1. The van der Waals surface area contributed by atoms with Crippen molar-refractivity contribution in [3.8, 4) is 0 Å². The molecular weight excluding hydrogens is 328 g/mol. The Bertz CT molecular complexity index is 802. The molecule has 0 spiro atoms. The molecule has 0 atom stereocenters. The van der Waals surface area contributed by atoms with E-state index in [4.69, 9.17) is 12.2 Å². The molecule has 0 radical (unpaired) electrons. The van der Waals surface area contributed by atoms with Gasteiger partial charge in [-0.3, -0.25) is 5.43 Å². The van der Waals surface area contributed by atoms with E-state index in [9.17, 15) is 0 Å². The van der Waals surface area contributed by atoms with E-state index in [1.54, 1.807) is 0 Å². The van der Waals surface area contributed by atoms with E-state index in [1.807, 2.05) is 24.5 Å². The first-order valence-corrected chi connectivity index (χ1v) is 9.77. The largest absolute Gasteiger partial charge is 0.361 e. The summed E-state index contributed by atoms with van der Waals surface area (Å²) in [5, 5.41) is 9.84. The van der Waals surface area contributed by atoms with Crippen LogP contribution in [0.3, 0.4) is 0 Å². The first-order chi connectivity index (χ1) is 12.2. The molecule has 0 amide bonds. The van der Waals surface area contributed by atoms with Gasteiger partial charge in [0.15, 0.2) is 5.11 Å². The third kappa shape index (κ3) is 2.84. The van der Waals surface area contributed by atoms with E-state index in [-0.39, 0.29) is 5.54 Å². The van der Waals surface area contributed by atoms with Crippen LogP contribution in [0.2, 0.25) is 0 Å². The molecule has 4 aliphatic carbocycles. The fraction of sp³-hybridized carbons (Fsp3) is 0.500. The van der Waals surface area contributed by atoms with Crippen LogP contribution in [0.1, 0.15) is 44.1 Å². The molecule has 25 heavy (non-hydrogen) atoms. The number of nitrogens with one attached hydrogen (secondary N) is 3. The van der Waals surface area contributed by atoms with E-state index in [1.165, 1.54) is 43.9 Å². The van der Waals surface area contributed by atoms with Gasteiger partial charge >= 0.3 is 0 Å². The van der Waals surface area contributed by atoms with Crippen molar-refractivity contribution in [2.45, 2.75) is 44.1 Å². The van der Waals surface area contributed by atoms with Gasteiger partial charge in [0, 0.05) is 28.2 Å². The predicted molar refractivity (Wildman–Crippen MR) is 106 cm³/mol. The van der Waals surface area contributed by atoms with Crippen molar-refractivity contribution in [1.29, 1.82) is 0 Å². The van der Waals surface area contributed by atoms with Gasteiger partial charge in [-0.2, -0.15) is 5.10 Å². The normalized spacial score (nSPS) is 33.2. The quantitative estimate of drug-likeness (QED) is 0.446. The highest BCUT2D eigenvalue weighted by molar-refractivity contribution is 7.80. The molecule has 4 aliphatic rings. The van der Waals surface area contributed by atoms with Crippen molar-refractivity contribution in [2.75, 3.05) is 0 Å². The Hall–Kier alpha value is -1.88. The minimum Gasteiger partial charge on any atom is -0.361 e. The molecule has 6 rings (SSSR count). The minimum absolute atomic E-state index is 0.231. The third-order valence-electron chi connectivity index (χ3n) is 6.41. The molecule has 0 unspecified atom stereocenters. The van der Waals surface area contributed by atoms with Crippen LogP contribution in [0, 0.1) is 17.8 Å². The fourth-order valence-corrected chi connectivity index (χ4v) is 6.16. The summed E-state index contributed by atoms with van der Waals surface area (Å²) in [6, 6.07) is 8.24. The zero-order valence-electron chi connectivity index (χ0n) is 14.3.